The van der Waals surface area contributed by atoms with E-state index < -0.39 is 11.9 Å². The van der Waals surface area contributed by atoms with Crippen molar-refractivity contribution in [2.24, 2.45) is 0 Å². The van der Waals surface area contributed by atoms with Gasteiger partial charge in [-0.15, -0.1) is 0 Å². The lowest BCUT2D eigenvalue weighted by Gasteiger charge is -2.12. The molecule has 3 nitrogen and oxygen atoms in total. The number of benzene rings is 1. The molecule has 0 aliphatic heterocycles. The van der Waals surface area contributed by atoms with Crippen molar-refractivity contribution >= 4 is 16.6 Å². The van der Waals surface area contributed by atoms with Gasteiger partial charge in [-0.2, -0.15) is 13.2 Å². The van der Waals surface area contributed by atoms with Crippen LogP contribution in [0.4, 0.5) is 18.9 Å². The molecular formula is C12H11F3N2O. The highest BCUT2D eigenvalue weighted by molar-refractivity contribution is 5.91. The number of pyridine rings is 1. The minimum absolute atomic E-state index is 0.155. The molecule has 0 amide bonds. The summed E-state index contributed by atoms with van der Waals surface area (Å²) in [5.41, 5.74) is -0.351. The zero-order valence-electron chi connectivity index (χ0n) is 9.33. The molecule has 18 heavy (non-hydrogen) atoms. The van der Waals surface area contributed by atoms with E-state index >= 15 is 0 Å². The van der Waals surface area contributed by atoms with Gasteiger partial charge in [0.25, 0.3) is 0 Å². The predicted octanol–water partition coefficient (Wildman–Crippen LogP) is 2.66. The average Bonchev–Trinajstić information content (AvgIpc) is 2.34. The summed E-state index contributed by atoms with van der Waals surface area (Å²) in [5.74, 6) is 0. The molecule has 1 heterocycles. The van der Waals surface area contributed by atoms with Gasteiger partial charge < -0.3 is 10.4 Å². The van der Waals surface area contributed by atoms with Gasteiger partial charge in [0, 0.05) is 17.6 Å². The Morgan fingerprint density at radius 1 is 1.22 bits per heavy atom. The number of hydrogen-bond donors (Lipinski definition) is 2. The third kappa shape index (κ3) is 2.53. The normalized spacial score (nSPS) is 11.8. The molecule has 0 atom stereocenters. The lowest BCUT2D eigenvalue weighted by molar-refractivity contribution is -0.140. The Labute approximate surface area is 101 Å². The van der Waals surface area contributed by atoms with Crippen molar-refractivity contribution in [1.29, 1.82) is 0 Å². The van der Waals surface area contributed by atoms with Crippen molar-refractivity contribution in [2.45, 2.75) is 6.18 Å². The van der Waals surface area contributed by atoms with Crippen molar-refractivity contribution in [1.82, 2.24) is 4.98 Å². The van der Waals surface area contributed by atoms with Crippen molar-refractivity contribution in [2.75, 3.05) is 18.5 Å². The van der Waals surface area contributed by atoms with Crippen LogP contribution in [0.1, 0.15) is 5.69 Å². The van der Waals surface area contributed by atoms with E-state index in [9.17, 15) is 13.2 Å². The molecule has 0 saturated heterocycles. The van der Waals surface area contributed by atoms with Crippen LogP contribution >= 0.6 is 0 Å². The molecule has 0 spiro atoms. The quantitative estimate of drug-likeness (QED) is 0.887. The van der Waals surface area contributed by atoms with Crippen LogP contribution in [-0.4, -0.2) is 23.2 Å². The van der Waals surface area contributed by atoms with Crippen molar-refractivity contribution in [3.63, 3.8) is 0 Å². The summed E-state index contributed by atoms with van der Waals surface area (Å²) in [6.07, 6.45) is -4.49. The van der Waals surface area contributed by atoms with Gasteiger partial charge in [-0.05, 0) is 12.1 Å². The topological polar surface area (TPSA) is 45.1 Å². The summed E-state index contributed by atoms with van der Waals surface area (Å²) in [7, 11) is 0. The SMILES string of the molecule is OCCNc1cc(C(F)(F)F)nc2ccccc12. The molecule has 0 saturated carbocycles. The van der Waals surface area contributed by atoms with Crippen molar-refractivity contribution in [3.05, 3.63) is 36.0 Å². The van der Waals surface area contributed by atoms with Gasteiger partial charge in [0.1, 0.15) is 5.69 Å². The molecule has 0 fully saturated rings. The number of halogens is 3. The van der Waals surface area contributed by atoms with E-state index in [0.29, 0.717) is 11.1 Å². The maximum atomic E-state index is 12.7. The van der Waals surface area contributed by atoms with Crippen molar-refractivity contribution in [3.8, 4) is 0 Å². The Morgan fingerprint density at radius 3 is 2.61 bits per heavy atom. The number of aliphatic hydroxyl groups is 1. The predicted molar refractivity (Wildman–Crippen MR) is 62.3 cm³/mol. The number of rotatable bonds is 3. The highest BCUT2D eigenvalue weighted by atomic mass is 19.4. The summed E-state index contributed by atoms with van der Waals surface area (Å²) < 4.78 is 38.0. The zero-order valence-corrected chi connectivity index (χ0v) is 9.33. The van der Waals surface area contributed by atoms with Crippen LogP contribution in [0.5, 0.6) is 0 Å². The summed E-state index contributed by atoms with van der Waals surface area (Å²) in [4.78, 5) is 3.59. The lowest BCUT2D eigenvalue weighted by atomic mass is 10.1. The number of nitrogens with zero attached hydrogens (tertiary/aromatic N) is 1. The highest BCUT2D eigenvalue weighted by Gasteiger charge is 2.33. The van der Waals surface area contributed by atoms with Gasteiger partial charge >= 0.3 is 6.18 Å². The molecular weight excluding hydrogens is 245 g/mol. The van der Waals surface area contributed by atoms with Crippen LogP contribution in [0, 0.1) is 0 Å². The van der Waals surface area contributed by atoms with E-state index in [0.717, 1.165) is 6.07 Å². The first kappa shape index (κ1) is 12.6. The molecule has 96 valence electrons. The van der Waals surface area contributed by atoms with Gasteiger partial charge in [0.05, 0.1) is 12.1 Å². The third-order valence-electron chi connectivity index (χ3n) is 2.43. The van der Waals surface area contributed by atoms with Crippen LogP contribution in [-0.2, 0) is 6.18 Å². The van der Waals surface area contributed by atoms with Gasteiger partial charge in [-0.1, -0.05) is 18.2 Å². The van der Waals surface area contributed by atoms with E-state index in [4.69, 9.17) is 5.11 Å². The summed E-state index contributed by atoms with van der Waals surface area (Å²) in [5, 5.41) is 12.1. The number of anilines is 1. The van der Waals surface area contributed by atoms with Crippen LogP contribution in [0.25, 0.3) is 10.9 Å². The highest BCUT2D eigenvalue weighted by Crippen LogP contribution is 2.32. The second-order valence-electron chi connectivity index (χ2n) is 3.72. The molecule has 1 aromatic carbocycles. The second kappa shape index (κ2) is 4.81. The molecule has 0 aliphatic rings. The number of nitrogens with one attached hydrogen (secondary N) is 1. The summed E-state index contributed by atoms with van der Waals surface area (Å²) >= 11 is 0. The smallest absolute Gasteiger partial charge is 0.395 e. The first-order valence-corrected chi connectivity index (χ1v) is 5.34. The maximum absolute atomic E-state index is 12.7. The van der Waals surface area contributed by atoms with Gasteiger partial charge in [0.2, 0.25) is 0 Å². The van der Waals surface area contributed by atoms with Crippen molar-refractivity contribution < 1.29 is 18.3 Å². The van der Waals surface area contributed by atoms with E-state index in [-0.39, 0.29) is 18.7 Å². The Kier molecular flexibility index (Phi) is 3.38. The minimum atomic E-state index is -4.49. The zero-order chi connectivity index (χ0) is 13.2. The number of para-hydroxylation sites is 1. The molecule has 1 aromatic heterocycles. The lowest BCUT2D eigenvalue weighted by Crippen LogP contribution is -2.11. The molecule has 0 aliphatic carbocycles. The van der Waals surface area contributed by atoms with Crippen LogP contribution in [0.3, 0.4) is 0 Å². The third-order valence-corrected chi connectivity index (χ3v) is 2.43. The molecule has 6 heteroatoms. The Hall–Kier alpha value is -1.82. The second-order valence-corrected chi connectivity index (χ2v) is 3.72. The fourth-order valence-electron chi connectivity index (χ4n) is 1.66. The monoisotopic (exact) mass is 256 g/mol. The minimum Gasteiger partial charge on any atom is -0.395 e. The molecule has 2 N–H and O–H groups in total. The van der Waals surface area contributed by atoms with Crippen LogP contribution < -0.4 is 5.32 Å². The number of aliphatic hydroxyl groups excluding tert-OH is 1. The van der Waals surface area contributed by atoms with Gasteiger partial charge in [-0.3, -0.25) is 0 Å². The number of alkyl halides is 3. The summed E-state index contributed by atoms with van der Waals surface area (Å²) in [6.45, 7) is 0.0311. The Bertz CT molecular complexity index is 555. The van der Waals surface area contributed by atoms with Gasteiger partial charge in [0.15, 0.2) is 0 Å². The molecule has 2 rings (SSSR count). The standard InChI is InChI=1S/C12H11F3N2O/c13-12(14,15)11-7-10(16-5-6-18)8-3-1-2-4-9(8)17-11/h1-4,7,18H,5-6H2,(H,16,17). The number of hydrogen-bond acceptors (Lipinski definition) is 3. The van der Waals surface area contributed by atoms with Crippen LogP contribution in [0.2, 0.25) is 0 Å². The molecule has 0 bridgehead atoms. The molecule has 0 unspecified atom stereocenters. The first-order chi connectivity index (χ1) is 8.52. The number of fused-ring (bicyclic) bond motifs is 1. The average molecular weight is 256 g/mol. The maximum Gasteiger partial charge on any atom is 0.433 e. The first-order valence-electron chi connectivity index (χ1n) is 5.34. The Balaban J connectivity index is 2.57. The van der Waals surface area contributed by atoms with Gasteiger partial charge in [-0.25, -0.2) is 4.98 Å². The van der Waals surface area contributed by atoms with E-state index in [1.807, 2.05) is 0 Å². The van der Waals surface area contributed by atoms with E-state index in [1.165, 1.54) is 6.07 Å². The van der Waals surface area contributed by atoms with E-state index in [2.05, 4.69) is 10.3 Å². The summed E-state index contributed by atoms with van der Waals surface area (Å²) in [6, 6.07) is 7.52. The Morgan fingerprint density at radius 2 is 1.94 bits per heavy atom. The van der Waals surface area contributed by atoms with E-state index in [1.54, 1.807) is 18.2 Å². The fourth-order valence-corrected chi connectivity index (χ4v) is 1.66. The fraction of sp³-hybridized carbons (Fsp3) is 0.250. The largest absolute Gasteiger partial charge is 0.433 e. The number of aromatic nitrogens is 1. The van der Waals surface area contributed by atoms with Crippen LogP contribution in [0.15, 0.2) is 30.3 Å². The molecule has 2 aromatic rings. The molecule has 0 radical (unpaired) electrons.